The molecule has 0 amide bonds. The molecule has 1 aliphatic rings. The van der Waals surface area contributed by atoms with Gasteiger partial charge in [0.15, 0.2) is 0 Å². The third kappa shape index (κ3) is 2.02. The van der Waals surface area contributed by atoms with Crippen molar-refractivity contribution in [1.29, 1.82) is 0 Å². The number of aliphatic hydroxyl groups is 1. The highest BCUT2D eigenvalue weighted by atomic mass is 16.5. The van der Waals surface area contributed by atoms with Gasteiger partial charge in [-0.3, -0.25) is 4.68 Å². The lowest BCUT2D eigenvalue weighted by molar-refractivity contribution is 0.134. The molecule has 94 valence electrons. The summed E-state index contributed by atoms with van der Waals surface area (Å²) >= 11 is 0. The van der Waals surface area contributed by atoms with E-state index in [1.807, 2.05) is 25.2 Å². The molecule has 1 N–H and O–H groups in total. The lowest BCUT2D eigenvalue weighted by Gasteiger charge is -2.11. The second-order valence-electron chi connectivity index (χ2n) is 4.54. The van der Waals surface area contributed by atoms with Crippen LogP contribution >= 0.6 is 0 Å². The summed E-state index contributed by atoms with van der Waals surface area (Å²) in [5.74, 6) is 0.777. The van der Waals surface area contributed by atoms with Crippen LogP contribution < -0.4 is 0 Å². The first-order valence-corrected chi connectivity index (χ1v) is 5.94. The quantitative estimate of drug-likeness (QED) is 0.880. The van der Waals surface area contributed by atoms with Crippen molar-refractivity contribution in [3.63, 3.8) is 0 Å². The monoisotopic (exact) mass is 245 g/mol. The average Bonchev–Trinajstić information content (AvgIpc) is 2.98. The van der Waals surface area contributed by atoms with Crippen molar-refractivity contribution in [3.05, 3.63) is 47.0 Å². The van der Waals surface area contributed by atoms with Crippen LogP contribution in [0.3, 0.4) is 0 Å². The Kier molecular flexibility index (Phi) is 2.85. The molecule has 2 heterocycles. The van der Waals surface area contributed by atoms with Gasteiger partial charge in [-0.2, -0.15) is 5.10 Å². The van der Waals surface area contributed by atoms with Gasteiger partial charge in [0.2, 0.25) is 0 Å². The van der Waals surface area contributed by atoms with Gasteiger partial charge in [0.25, 0.3) is 0 Å². The van der Waals surface area contributed by atoms with Crippen molar-refractivity contribution in [2.75, 3.05) is 0 Å². The van der Waals surface area contributed by atoms with Crippen LogP contribution in [0.1, 0.15) is 28.6 Å². The van der Waals surface area contributed by atoms with Crippen LogP contribution in [-0.4, -0.2) is 19.9 Å². The maximum Gasteiger partial charge on any atom is 0.138 e. The molecule has 1 aliphatic heterocycles. The minimum absolute atomic E-state index is 0.468. The number of aromatic nitrogens is 3. The van der Waals surface area contributed by atoms with Gasteiger partial charge in [-0.25, -0.2) is 4.98 Å². The number of rotatable bonds is 3. The van der Waals surface area contributed by atoms with Crippen LogP contribution in [-0.2, 0) is 31.4 Å². The maximum atomic E-state index is 10.2. The first-order chi connectivity index (χ1) is 8.74. The van der Waals surface area contributed by atoms with Crippen molar-refractivity contribution in [2.24, 2.45) is 7.05 Å². The van der Waals surface area contributed by atoms with Gasteiger partial charge in [-0.1, -0.05) is 18.2 Å². The van der Waals surface area contributed by atoms with Crippen molar-refractivity contribution in [3.8, 4) is 0 Å². The molecule has 0 fully saturated rings. The standard InChI is InChI=1S/C13H15N3O2/c1-16-13(14-8-15-16)5-12(17)9-2-3-10-6-18-7-11(10)4-9/h2-4,8,12,17H,5-7H2,1H3. The molecule has 0 saturated heterocycles. The van der Waals surface area contributed by atoms with Gasteiger partial charge in [-0.05, 0) is 16.7 Å². The summed E-state index contributed by atoms with van der Waals surface area (Å²) in [6, 6.07) is 6.00. The van der Waals surface area contributed by atoms with E-state index in [2.05, 4.69) is 10.1 Å². The smallest absolute Gasteiger partial charge is 0.138 e. The van der Waals surface area contributed by atoms with Gasteiger partial charge in [0, 0.05) is 13.5 Å². The maximum absolute atomic E-state index is 10.2. The molecule has 0 saturated carbocycles. The van der Waals surface area contributed by atoms with E-state index in [1.165, 1.54) is 17.5 Å². The summed E-state index contributed by atoms with van der Waals surface area (Å²) in [5.41, 5.74) is 3.29. The van der Waals surface area contributed by atoms with Crippen molar-refractivity contribution in [2.45, 2.75) is 25.7 Å². The minimum Gasteiger partial charge on any atom is -0.388 e. The summed E-state index contributed by atoms with van der Waals surface area (Å²) in [6.45, 7) is 1.31. The van der Waals surface area contributed by atoms with E-state index in [1.54, 1.807) is 4.68 Å². The molecular weight excluding hydrogens is 230 g/mol. The van der Waals surface area contributed by atoms with Gasteiger partial charge in [0.1, 0.15) is 12.2 Å². The average molecular weight is 245 g/mol. The molecule has 0 radical (unpaired) electrons. The number of aryl methyl sites for hydroxylation is 1. The molecule has 1 aromatic heterocycles. The first kappa shape index (κ1) is 11.4. The number of ether oxygens (including phenoxy) is 1. The number of fused-ring (bicyclic) bond motifs is 1. The van der Waals surface area contributed by atoms with Crippen LogP contribution in [0.15, 0.2) is 24.5 Å². The molecule has 2 aromatic rings. The van der Waals surface area contributed by atoms with Gasteiger partial charge in [-0.15, -0.1) is 0 Å². The number of benzene rings is 1. The number of hydrogen-bond donors (Lipinski definition) is 1. The number of hydrogen-bond acceptors (Lipinski definition) is 4. The third-order valence-electron chi connectivity index (χ3n) is 3.31. The topological polar surface area (TPSA) is 60.2 Å². The van der Waals surface area contributed by atoms with Crippen LogP contribution in [0.4, 0.5) is 0 Å². The molecular formula is C13H15N3O2. The van der Waals surface area contributed by atoms with E-state index < -0.39 is 6.10 Å². The van der Waals surface area contributed by atoms with Crippen molar-refractivity contribution < 1.29 is 9.84 Å². The zero-order chi connectivity index (χ0) is 12.5. The summed E-state index contributed by atoms with van der Waals surface area (Å²) in [6.07, 6.45) is 1.41. The fourth-order valence-corrected chi connectivity index (χ4v) is 2.19. The molecule has 5 heteroatoms. The van der Waals surface area contributed by atoms with Crippen LogP contribution in [0.25, 0.3) is 0 Å². The van der Waals surface area contributed by atoms with Crippen molar-refractivity contribution >= 4 is 0 Å². The van der Waals surface area contributed by atoms with E-state index in [0.29, 0.717) is 19.6 Å². The SMILES string of the molecule is Cn1ncnc1CC(O)c1ccc2c(c1)COC2. The van der Waals surface area contributed by atoms with E-state index in [9.17, 15) is 5.11 Å². The summed E-state index contributed by atoms with van der Waals surface area (Å²) in [5, 5.41) is 14.2. The first-order valence-electron chi connectivity index (χ1n) is 5.94. The fourth-order valence-electron chi connectivity index (χ4n) is 2.19. The normalized spacial score (nSPS) is 15.7. The number of aliphatic hydroxyl groups excluding tert-OH is 1. The zero-order valence-corrected chi connectivity index (χ0v) is 10.2. The van der Waals surface area contributed by atoms with E-state index in [0.717, 1.165) is 11.4 Å². The Morgan fingerprint density at radius 1 is 1.39 bits per heavy atom. The largest absolute Gasteiger partial charge is 0.388 e. The fraction of sp³-hybridized carbons (Fsp3) is 0.385. The lowest BCUT2D eigenvalue weighted by Crippen LogP contribution is -2.08. The second kappa shape index (κ2) is 4.51. The third-order valence-corrected chi connectivity index (χ3v) is 3.31. The van der Waals surface area contributed by atoms with E-state index in [-0.39, 0.29) is 0 Å². The molecule has 1 unspecified atom stereocenters. The van der Waals surface area contributed by atoms with Crippen molar-refractivity contribution in [1.82, 2.24) is 14.8 Å². The molecule has 0 spiro atoms. The minimum atomic E-state index is -0.557. The van der Waals surface area contributed by atoms with Crippen LogP contribution in [0, 0.1) is 0 Å². The van der Waals surface area contributed by atoms with Gasteiger partial charge >= 0.3 is 0 Å². The molecule has 0 bridgehead atoms. The number of nitrogens with zero attached hydrogens (tertiary/aromatic N) is 3. The Morgan fingerprint density at radius 2 is 2.22 bits per heavy atom. The lowest BCUT2D eigenvalue weighted by atomic mass is 10.0. The van der Waals surface area contributed by atoms with Crippen LogP contribution in [0.2, 0.25) is 0 Å². The Morgan fingerprint density at radius 3 is 3.00 bits per heavy atom. The van der Waals surface area contributed by atoms with Gasteiger partial charge < -0.3 is 9.84 Å². The molecule has 1 atom stereocenters. The predicted octanol–water partition coefficient (Wildman–Crippen LogP) is 1.12. The highest BCUT2D eigenvalue weighted by Gasteiger charge is 2.16. The Bertz CT molecular complexity index is 565. The Hall–Kier alpha value is -1.72. The zero-order valence-electron chi connectivity index (χ0n) is 10.2. The van der Waals surface area contributed by atoms with Gasteiger partial charge in [0.05, 0.1) is 19.3 Å². The molecule has 1 aromatic carbocycles. The summed E-state index contributed by atoms with van der Waals surface area (Å²) in [4.78, 5) is 4.12. The Labute approximate surface area is 105 Å². The molecule has 3 rings (SSSR count). The Balaban J connectivity index is 1.80. The summed E-state index contributed by atoms with van der Waals surface area (Å²) in [7, 11) is 1.82. The highest BCUT2D eigenvalue weighted by molar-refractivity contribution is 5.34. The summed E-state index contributed by atoms with van der Waals surface area (Å²) < 4.78 is 7.05. The van der Waals surface area contributed by atoms with E-state index >= 15 is 0 Å². The molecule has 18 heavy (non-hydrogen) atoms. The second-order valence-corrected chi connectivity index (χ2v) is 4.54. The molecule has 5 nitrogen and oxygen atoms in total. The van der Waals surface area contributed by atoms with E-state index in [4.69, 9.17) is 4.74 Å². The predicted molar refractivity (Wildman–Crippen MR) is 64.6 cm³/mol. The highest BCUT2D eigenvalue weighted by Crippen LogP contribution is 2.25. The van der Waals surface area contributed by atoms with Crippen LogP contribution in [0.5, 0.6) is 0 Å². The molecule has 0 aliphatic carbocycles.